The maximum Gasteiger partial charge on any atom is 0.272 e. The number of pyridine rings is 1. The summed E-state index contributed by atoms with van der Waals surface area (Å²) in [5.74, 6) is -0.596. The van der Waals surface area contributed by atoms with Crippen LogP contribution in [0.2, 0.25) is 0 Å². The van der Waals surface area contributed by atoms with Gasteiger partial charge in [0.25, 0.3) is 11.8 Å². The summed E-state index contributed by atoms with van der Waals surface area (Å²) in [7, 11) is 0. The molecule has 0 saturated heterocycles. The zero-order chi connectivity index (χ0) is 20.7. The Bertz CT molecular complexity index is 1170. The molecular formula is C24H20N4O2. The van der Waals surface area contributed by atoms with Gasteiger partial charge in [-0.05, 0) is 37.1 Å². The number of nitrogens with one attached hydrogen (secondary N) is 1. The van der Waals surface area contributed by atoms with Crippen molar-refractivity contribution in [1.82, 2.24) is 10.3 Å². The van der Waals surface area contributed by atoms with Gasteiger partial charge in [0.05, 0.1) is 17.0 Å². The molecule has 6 heteroatoms. The van der Waals surface area contributed by atoms with Gasteiger partial charge in [-0.25, -0.2) is 4.99 Å². The normalized spacial score (nSPS) is 17.2. The van der Waals surface area contributed by atoms with E-state index in [0.29, 0.717) is 17.8 Å². The molecule has 2 aliphatic rings. The lowest BCUT2D eigenvalue weighted by molar-refractivity contribution is -0.120. The highest BCUT2D eigenvalue weighted by atomic mass is 16.2. The SMILES string of the molecule is Cc1cc2c3c(c1)C(c1ccccc1)=N[C@@H](NC(=O)c1cccnc1)C(=O)N3CC2. The molecule has 6 nitrogen and oxygen atoms in total. The van der Waals surface area contributed by atoms with Gasteiger partial charge in [-0.3, -0.25) is 14.6 Å². The van der Waals surface area contributed by atoms with Crippen LogP contribution in [0.25, 0.3) is 0 Å². The highest BCUT2D eigenvalue weighted by Gasteiger charge is 2.37. The maximum atomic E-state index is 13.4. The van der Waals surface area contributed by atoms with Gasteiger partial charge in [-0.15, -0.1) is 0 Å². The van der Waals surface area contributed by atoms with Crippen LogP contribution in [-0.4, -0.2) is 35.2 Å². The molecule has 0 radical (unpaired) electrons. The number of anilines is 1. The van der Waals surface area contributed by atoms with E-state index in [9.17, 15) is 9.59 Å². The molecule has 3 heterocycles. The maximum absolute atomic E-state index is 13.4. The standard InChI is InChI=1S/C24H20N4O2/c1-15-12-17-9-11-28-21(17)19(13-15)20(16-6-3-2-4-7-16)26-22(24(28)30)27-23(29)18-8-5-10-25-14-18/h2-8,10,12-14,22H,9,11H2,1H3,(H,27,29)/t22-/m0/s1. The third kappa shape index (κ3) is 3.06. The first kappa shape index (κ1) is 18.2. The molecule has 0 spiro atoms. The molecule has 0 unspecified atom stereocenters. The van der Waals surface area contributed by atoms with Crippen LogP contribution in [0.3, 0.4) is 0 Å². The molecule has 1 atom stereocenters. The van der Waals surface area contributed by atoms with Crippen LogP contribution < -0.4 is 10.2 Å². The Kier molecular flexibility index (Phi) is 4.39. The number of carbonyl (C=O) groups excluding carboxylic acids is 2. The van der Waals surface area contributed by atoms with Crippen molar-refractivity contribution >= 4 is 23.2 Å². The predicted octanol–water partition coefficient (Wildman–Crippen LogP) is 2.89. The van der Waals surface area contributed by atoms with Crippen LogP contribution in [0.4, 0.5) is 5.69 Å². The minimum absolute atomic E-state index is 0.220. The second-order valence-electron chi connectivity index (χ2n) is 7.52. The first-order valence-electron chi connectivity index (χ1n) is 9.91. The number of nitrogens with zero attached hydrogens (tertiary/aromatic N) is 3. The van der Waals surface area contributed by atoms with E-state index in [1.807, 2.05) is 30.3 Å². The van der Waals surface area contributed by atoms with E-state index in [1.165, 1.54) is 6.20 Å². The van der Waals surface area contributed by atoms with Crippen molar-refractivity contribution < 1.29 is 9.59 Å². The van der Waals surface area contributed by atoms with E-state index >= 15 is 0 Å². The zero-order valence-electron chi connectivity index (χ0n) is 16.5. The summed E-state index contributed by atoms with van der Waals surface area (Å²) in [4.78, 5) is 36.7. The summed E-state index contributed by atoms with van der Waals surface area (Å²) in [5.41, 5.74) is 6.12. The van der Waals surface area contributed by atoms with Gasteiger partial charge in [0.2, 0.25) is 6.17 Å². The molecule has 2 aromatic carbocycles. The topological polar surface area (TPSA) is 74.7 Å². The summed E-state index contributed by atoms with van der Waals surface area (Å²) < 4.78 is 0. The van der Waals surface area contributed by atoms with Crippen molar-refractivity contribution in [2.45, 2.75) is 19.5 Å². The molecule has 2 amide bonds. The monoisotopic (exact) mass is 396 g/mol. The third-order valence-electron chi connectivity index (χ3n) is 5.46. The summed E-state index contributed by atoms with van der Waals surface area (Å²) in [6.07, 6.45) is 2.86. The highest BCUT2D eigenvalue weighted by Crippen LogP contribution is 2.37. The number of amides is 2. The van der Waals surface area contributed by atoms with Crippen LogP contribution in [0.5, 0.6) is 0 Å². The molecule has 0 saturated carbocycles. The van der Waals surface area contributed by atoms with Crippen molar-refractivity contribution in [2.24, 2.45) is 4.99 Å². The number of aryl methyl sites for hydroxylation is 1. The van der Waals surface area contributed by atoms with Gasteiger partial charge in [0, 0.05) is 30.1 Å². The van der Waals surface area contributed by atoms with Gasteiger partial charge in [0.1, 0.15) is 0 Å². The Hall–Kier alpha value is -3.80. The number of aromatic nitrogens is 1. The van der Waals surface area contributed by atoms with Gasteiger partial charge >= 0.3 is 0 Å². The number of carbonyl (C=O) groups is 2. The van der Waals surface area contributed by atoms with Gasteiger partial charge < -0.3 is 10.2 Å². The summed E-state index contributed by atoms with van der Waals surface area (Å²) in [6, 6.07) is 17.3. The van der Waals surface area contributed by atoms with Crippen LogP contribution in [0.1, 0.15) is 32.6 Å². The first-order chi connectivity index (χ1) is 14.6. The average Bonchev–Trinajstić information content (AvgIpc) is 3.16. The molecule has 1 aromatic heterocycles. The fourth-order valence-corrected chi connectivity index (χ4v) is 4.13. The molecule has 0 fully saturated rings. The van der Waals surface area contributed by atoms with Crippen LogP contribution in [0.15, 0.2) is 72.0 Å². The van der Waals surface area contributed by atoms with Crippen molar-refractivity contribution in [2.75, 3.05) is 11.4 Å². The highest BCUT2D eigenvalue weighted by molar-refractivity contribution is 6.21. The quantitative estimate of drug-likeness (QED) is 0.740. The summed E-state index contributed by atoms with van der Waals surface area (Å²) in [6.45, 7) is 2.64. The van der Waals surface area contributed by atoms with Crippen LogP contribution in [0, 0.1) is 6.92 Å². The third-order valence-corrected chi connectivity index (χ3v) is 5.46. The van der Waals surface area contributed by atoms with Crippen molar-refractivity contribution in [3.05, 3.63) is 94.8 Å². The lowest BCUT2D eigenvalue weighted by Gasteiger charge is -2.21. The first-order valence-corrected chi connectivity index (χ1v) is 9.91. The van der Waals surface area contributed by atoms with Gasteiger partial charge in [-0.2, -0.15) is 0 Å². The molecule has 148 valence electrons. The Morgan fingerprint density at radius 1 is 1.13 bits per heavy atom. The van der Waals surface area contributed by atoms with E-state index in [2.05, 4.69) is 29.4 Å². The fraction of sp³-hybridized carbons (Fsp3) is 0.167. The number of hydrogen-bond donors (Lipinski definition) is 1. The Morgan fingerprint density at radius 3 is 2.73 bits per heavy atom. The average molecular weight is 396 g/mol. The van der Waals surface area contributed by atoms with Crippen LogP contribution in [-0.2, 0) is 11.2 Å². The molecule has 0 bridgehead atoms. The van der Waals surface area contributed by atoms with Crippen molar-refractivity contribution in [3.8, 4) is 0 Å². The summed E-state index contributed by atoms with van der Waals surface area (Å²) >= 11 is 0. The second kappa shape index (κ2) is 7.22. The zero-order valence-corrected chi connectivity index (χ0v) is 16.5. The van der Waals surface area contributed by atoms with E-state index in [0.717, 1.165) is 34.4 Å². The Morgan fingerprint density at radius 2 is 1.97 bits per heavy atom. The fourth-order valence-electron chi connectivity index (χ4n) is 4.13. The van der Waals surface area contributed by atoms with Crippen molar-refractivity contribution in [3.63, 3.8) is 0 Å². The van der Waals surface area contributed by atoms with E-state index in [1.54, 1.807) is 23.2 Å². The molecule has 3 aromatic rings. The smallest absolute Gasteiger partial charge is 0.272 e. The Labute approximate surface area is 174 Å². The number of hydrogen-bond acceptors (Lipinski definition) is 4. The minimum Gasteiger partial charge on any atom is -0.322 e. The van der Waals surface area contributed by atoms with E-state index in [4.69, 9.17) is 4.99 Å². The molecule has 0 aliphatic carbocycles. The lowest BCUT2D eigenvalue weighted by Crippen LogP contribution is -2.47. The molecule has 5 rings (SSSR count). The molecule has 1 N–H and O–H groups in total. The Balaban J connectivity index is 1.64. The van der Waals surface area contributed by atoms with Gasteiger partial charge in [-0.1, -0.05) is 42.0 Å². The van der Waals surface area contributed by atoms with Crippen molar-refractivity contribution in [1.29, 1.82) is 0 Å². The second-order valence-corrected chi connectivity index (χ2v) is 7.52. The van der Waals surface area contributed by atoms with Crippen LogP contribution >= 0.6 is 0 Å². The lowest BCUT2D eigenvalue weighted by atomic mass is 9.96. The summed E-state index contributed by atoms with van der Waals surface area (Å²) in [5, 5.41) is 2.80. The number of aliphatic imine (C=N–C) groups is 1. The number of benzene rings is 2. The van der Waals surface area contributed by atoms with E-state index in [-0.39, 0.29) is 11.8 Å². The van der Waals surface area contributed by atoms with Gasteiger partial charge in [0.15, 0.2) is 0 Å². The molecular weight excluding hydrogens is 376 g/mol. The molecule has 30 heavy (non-hydrogen) atoms. The minimum atomic E-state index is -1.01. The number of rotatable bonds is 3. The molecule has 2 aliphatic heterocycles. The largest absolute Gasteiger partial charge is 0.322 e. The van der Waals surface area contributed by atoms with E-state index < -0.39 is 6.17 Å². The predicted molar refractivity (Wildman–Crippen MR) is 115 cm³/mol.